The van der Waals surface area contributed by atoms with Gasteiger partial charge in [0.2, 0.25) is 0 Å². The average molecular weight is 291 g/mol. The SMILES string of the molecule is O=C(NCCCOCCO)Nc1ccc(F)c(Cl)c1. The largest absolute Gasteiger partial charge is 0.394 e. The zero-order valence-electron chi connectivity index (χ0n) is 10.3. The zero-order chi connectivity index (χ0) is 14.1. The minimum Gasteiger partial charge on any atom is -0.394 e. The molecule has 1 aromatic rings. The van der Waals surface area contributed by atoms with Gasteiger partial charge in [-0.05, 0) is 24.6 Å². The van der Waals surface area contributed by atoms with E-state index in [1.165, 1.54) is 18.2 Å². The highest BCUT2D eigenvalue weighted by atomic mass is 35.5. The second-order valence-electron chi connectivity index (χ2n) is 3.70. The molecule has 0 heterocycles. The van der Waals surface area contributed by atoms with Gasteiger partial charge in [0, 0.05) is 18.8 Å². The van der Waals surface area contributed by atoms with Crippen LogP contribution in [0.3, 0.4) is 0 Å². The van der Waals surface area contributed by atoms with Crippen LogP contribution >= 0.6 is 11.6 Å². The Labute approximate surface area is 115 Å². The van der Waals surface area contributed by atoms with E-state index in [2.05, 4.69) is 10.6 Å². The third-order valence-electron chi connectivity index (χ3n) is 2.16. The van der Waals surface area contributed by atoms with Crippen LogP contribution < -0.4 is 10.6 Å². The summed E-state index contributed by atoms with van der Waals surface area (Å²) in [5.41, 5.74) is 0.417. The van der Waals surface area contributed by atoms with Crippen LogP contribution in [0.4, 0.5) is 14.9 Å². The lowest BCUT2D eigenvalue weighted by Gasteiger charge is -2.08. The van der Waals surface area contributed by atoms with E-state index < -0.39 is 11.8 Å². The first-order chi connectivity index (χ1) is 9.13. The van der Waals surface area contributed by atoms with E-state index in [4.69, 9.17) is 21.4 Å². The van der Waals surface area contributed by atoms with E-state index in [0.717, 1.165) is 0 Å². The number of hydrogen-bond acceptors (Lipinski definition) is 3. The Hall–Kier alpha value is -1.37. The van der Waals surface area contributed by atoms with Crippen molar-refractivity contribution in [1.29, 1.82) is 0 Å². The second kappa shape index (κ2) is 8.68. The molecular weight excluding hydrogens is 275 g/mol. The Morgan fingerprint density at radius 3 is 2.89 bits per heavy atom. The number of anilines is 1. The van der Waals surface area contributed by atoms with Gasteiger partial charge in [-0.25, -0.2) is 9.18 Å². The molecule has 0 saturated heterocycles. The average Bonchev–Trinajstić information content (AvgIpc) is 2.38. The molecule has 3 N–H and O–H groups in total. The van der Waals surface area contributed by atoms with Crippen LogP contribution in [0.1, 0.15) is 6.42 Å². The van der Waals surface area contributed by atoms with Crippen molar-refractivity contribution in [1.82, 2.24) is 5.32 Å². The predicted octanol–water partition coefficient (Wildman–Crippen LogP) is 2.00. The van der Waals surface area contributed by atoms with E-state index in [9.17, 15) is 9.18 Å². The van der Waals surface area contributed by atoms with Crippen LogP contribution in [0.2, 0.25) is 5.02 Å². The van der Waals surface area contributed by atoms with Gasteiger partial charge in [-0.2, -0.15) is 0 Å². The fourth-order valence-corrected chi connectivity index (χ4v) is 1.47. The number of aliphatic hydroxyl groups excluding tert-OH is 1. The maximum Gasteiger partial charge on any atom is 0.319 e. The second-order valence-corrected chi connectivity index (χ2v) is 4.11. The van der Waals surface area contributed by atoms with Gasteiger partial charge in [0.05, 0.1) is 18.2 Å². The highest BCUT2D eigenvalue weighted by Crippen LogP contribution is 2.19. The number of aliphatic hydroxyl groups is 1. The predicted molar refractivity (Wildman–Crippen MR) is 71.0 cm³/mol. The third kappa shape index (κ3) is 6.37. The molecule has 0 fully saturated rings. The number of carbonyl (C=O) groups excluding carboxylic acids is 1. The molecule has 0 unspecified atom stereocenters. The number of rotatable bonds is 7. The molecule has 5 nitrogen and oxygen atoms in total. The fourth-order valence-electron chi connectivity index (χ4n) is 1.29. The van der Waals surface area contributed by atoms with E-state index >= 15 is 0 Å². The molecule has 0 aliphatic heterocycles. The van der Waals surface area contributed by atoms with Crippen molar-refractivity contribution in [2.75, 3.05) is 31.7 Å². The summed E-state index contributed by atoms with van der Waals surface area (Å²) in [5, 5.41) is 13.6. The number of amides is 2. The standard InChI is InChI=1S/C12H16ClFN2O3/c13-10-8-9(2-3-11(10)14)16-12(18)15-4-1-6-19-7-5-17/h2-3,8,17H,1,4-7H2,(H2,15,16,18). The first-order valence-electron chi connectivity index (χ1n) is 5.82. The van der Waals surface area contributed by atoms with Crippen LogP contribution in [0.25, 0.3) is 0 Å². The number of hydrogen-bond donors (Lipinski definition) is 3. The molecule has 2 amide bonds. The summed E-state index contributed by atoms with van der Waals surface area (Å²) in [6.45, 7) is 1.18. The van der Waals surface area contributed by atoms with Gasteiger partial charge in [-0.3, -0.25) is 0 Å². The molecule has 0 radical (unpaired) electrons. The van der Waals surface area contributed by atoms with Crippen LogP contribution in [-0.4, -0.2) is 37.5 Å². The summed E-state index contributed by atoms with van der Waals surface area (Å²) in [4.78, 5) is 11.5. The lowest BCUT2D eigenvalue weighted by molar-refractivity contribution is 0.0910. The topological polar surface area (TPSA) is 70.6 Å². The highest BCUT2D eigenvalue weighted by Gasteiger charge is 2.04. The third-order valence-corrected chi connectivity index (χ3v) is 2.45. The van der Waals surface area contributed by atoms with Crippen molar-refractivity contribution in [3.63, 3.8) is 0 Å². The van der Waals surface area contributed by atoms with Crippen molar-refractivity contribution < 1.29 is 19.0 Å². The van der Waals surface area contributed by atoms with Crippen molar-refractivity contribution in [3.8, 4) is 0 Å². The van der Waals surface area contributed by atoms with Gasteiger partial charge >= 0.3 is 6.03 Å². The minimum atomic E-state index is -0.534. The molecule has 0 aliphatic rings. The van der Waals surface area contributed by atoms with E-state index in [-0.39, 0.29) is 11.6 Å². The maximum absolute atomic E-state index is 12.9. The lowest BCUT2D eigenvalue weighted by atomic mass is 10.3. The summed E-state index contributed by atoms with van der Waals surface area (Å²) in [6.07, 6.45) is 0.637. The van der Waals surface area contributed by atoms with Gasteiger partial charge in [0.25, 0.3) is 0 Å². The van der Waals surface area contributed by atoms with E-state index in [1.807, 2.05) is 0 Å². The number of benzene rings is 1. The van der Waals surface area contributed by atoms with Crippen molar-refractivity contribution >= 4 is 23.3 Å². The molecule has 0 spiro atoms. The summed E-state index contributed by atoms with van der Waals surface area (Å²) in [7, 11) is 0. The molecule has 106 valence electrons. The van der Waals surface area contributed by atoms with Crippen LogP contribution in [0, 0.1) is 5.82 Å². The summed E-state index contributed by atoms with van der Waals surface area (Å²) < 4.78 is 17.9. The molecule has 0 saturated carbocycles. The van der Waals surface area contributed by atoms with E-state index in [0.29, 0.717) is 31.9 Å². The summed E-state index contributed by atoms with van der Waals surface area (Å²) in [6, 6.07) is 3.54. The van der Waals surface area contributed by atoms with Gasteiger partial charge in [-0.1, -0.05) is 11.6 Å². The Morgan fingerprint density at radius 1 is 1.42 bits per heavy atom. The minimum absolute atomic E-state index is 0.0146. The number of urea groups is 1. The van der Waals surface area contributed by atoms with Gasteiger partial charge in [0.15, 0.2) is 0 Å². The van der Waals surface area contributed by atoms with Gasteiger partial charge < -0.3 is 20.5 Å². The van der Waals surface area contributed by atoms with Crippen molar-refractivity contribution in [2.24, 2.45) is 0 Å². The first kappa shape index (κ1) is 15.7. The molecule has 19 heavy (non-hydrogen) atoms. The first-order valence-corrected chi connectivity index (χ1v) is 6.20. The quantitative estimate of drug-likeness (QED) is 0.673. The highest BCUT2D eigenvalue weighted by molar-refractivity contribution is 6.31. The Bertz CT molecular complexity index is 418. The Balaban J connectivity index is 2.21. The van der Waals surface area contributed by atoms with Crippen LogP contribution in [-0.2, 0) is 4.74 Å². The van der Waals surface area contributed by atoms with Crippen LogP contribution in [0.15, 0.2) is 18.2 Å². The number of carbonyl (C=O) groups is 1. The molecule has 1 rings (SSSR count). The summed E-state index contributed by atoms with van der Waals surface area (Å²) in [5.74, 6) is -0.534. The normalized spacial score (nSPS) is 10.3. The molecule has 7 heteroatoms. The van der Waals surface area contributed by atoms with E-state index in [1.54, 1.807) is 0 Å². The molecule has 1 aromatic carbocycles. The monoisotopic (exact) mass is 290 g/mol. The maximum atomic E-state index is 12.9. The zero-order valence-corrected chi connectivity index (χ0v) is 11.0. The molecule has 0 bridgehead atoms. The van der Waals surface area contributed by atoms with Gasteiger partial charge in [-0.15, -0.1) is 0 Å². The lowest BCUT2D eigenvalue weighted by Crippen LogP contribution is -2.30. The van der Waals surface area contributed by atoms with Crippen molar-refractivity contribution in [2.45, 2.75) is 6.42 Å². The number of ether oxygens (including phenoxy) is 1. The molecule has 0 aromatic heterocycles. The molecular formula is C12H16ClFN2O3. The Kier molecular flexibility index (Phi) is 7.17. The Morgan fingerprint density at radius 2 is 2.21 bits per heavy atom. The summed E-state index contributed by atoms with van der Waals surface area (Å²) >= 11 is 5.59. The smallest absolute Gasteiger partial charge is 0.319 e. The van der Waals surface area contributed by atoms with Crippen molar-refractivity contribution in [3.05, 3.63) is 29.0 Å². The molecule has 0 aliphatic carbocycles. The molecule has 0 atom stereocenters. The number of nitrogens with one attached hydrogen (secondary N) is 2. The number of halogens is 2. The fraction of sp³-hybridized carbons (Fsp3) is 0.417. The van der Waals surface area contributed by atoms with Crippen LogP contribution in [0.5, 0.6) is 0 Å². The van der Waals surface area contributed by atoms with Gasteiger partial charge in [0.1, 0.15) is 5.82 Å².